The van der Waals surface area contributed by atoms with Crippen molar-refractivity contribution < 1.29 is 4.74 Å². The van der Waals surface area contributed by atoms with E-state index in [0.717, 1.165) is 25.3 Å². The fourth-order valence-corrected chi connectivity index (χ4v) is 3.12. The molecule has 0 amide bonds. The van der Waals surface area contributed by atoms with Gasteiger partial charge in [0.1, 0.15) is 5.75 Å². The molecule has 1 aromatic rings. The average molecular weight is 290 g/mol. The molecular weight excluding hydrogens is 260 g/mol. The molecule has 3 unspecified atom stereocenters. The van der Waals surface area contributed by atoms with Crippen molar-refractivity contribution in [2.75, 3.05) is 24.6 Å². The lowest BCUT2D eigenvalue weighted by Gasteiger charge is -2.44. The summed E-state index contributed by atoms with van der Waals surface area (Å²) >= 11 is 0. The zero-order valence-corrected chi connectivity index (χ0v) is 13.9. The molecule has 0 aliphatic carbocycles. The zero-order chi connectivity index (χ0) is 15.2. The largest absolute Gasteiger partial charge is 0.492 e. The van der Waals surface area contributed by atoms with Crippen LogP contribution in [0.1, 0.15) is 40.5 Å². The van der Waals surface area contributed by atoms with Crippen molar-refractivity contribution in [3.05, 3.63) is 24.3 Å². The van der Waals surface area contributed by atoms with E-state index in [9.17, 15) is 0 Å². The van der Waals surface area contributed by atoms with Crippen molar-refractivity contribution in [2.24, 2.45) is 5.92 Å². The van der Waals surface area contributed by atoms with Gasteiger partial charge in [-0.05, 0) is 31.4 Å². The van der Waals surface area contributed by atoms with Crippen LogP contribution in [-0.2, 0) is 0 Å². The molecular formula is C18H30N2O. The SMILES string of the molecule is CCOc1ccccc1N1CC(C(C)CC)NCC1CC. The highest BCUT2D eigenvalue weighted by atomic mass is 16.5. The maximum Gasteiger partial charge on any atom is 0.142 e. The number of nitrogens with one attached hydrogen (secondary N) is 1. The Morgan fingerprint density at radius 3 is 2.71 bits per heavy atom. The fourth-order valence-electron chi connectivity index (χ4n) is 3.12. The first-order valence-electron chi connectivity index (χ1n) is 8.43. The van der Waals surface area contributed by atoms with Crippen LogP contribution in [0.5, 0.6) is 5.75 Å². The van der Waals surface area contributed by atoms with Gasteiger partial charge in [0.15, 0.2) is 0 Å². The van der Waals surface area contributed by atoms with Gasteiger partial charge in [0.2, 0.25) is 0 Å². The summed E-state index contributed by atoms with van der Waals surface area (Å²) in [5.41, 5.74) is 1.25. The predicted octanol–water partition coefficient (Wildman–Crippen LogP) is 3.69. The second kappa shape index (κ2) is 7.69. The highest BCUT2D eigenvalue weighted by Crippen LogP contribution is 2.32. The van der Waals surface area contributed by atoms with Gasteiger partial charge in [-0.25, -0.2) is 0 Å². The molecule has 2 rings (SSSR count). The van der Waals surface area contributed by atoms with E-state index in [-0.39, 0.29) is 0 Å². The van der Waals surface area contributed by atoms with Gasteiger partial charge in [0.25, 0.3) is 0 Å². The Morgan fingerprint density at radius 1 is 1.29 bits per heavy atom. The van der Waals surface area contributed by atoms with Crippen LogP contribution < -0.4 is 15.0 Å². The Morgan fingerprint density at radius 2 is 2.05 bits per heavy atom. The Hall–Kier alpha value is -1.22. The van der Waals surface area contributed by atoms with Gasteiger partial charge in [-0.3, -0.25) is 0 Å². The minimum atomic E-state index is 0.548. The molecule has 0 aromatic heterocycles. The van der Waals surface area contributed by atoms with Crippen molar-refractivity contribution in [1.82, 2.24) is 5.32 Å². The highest BCUT2D eigenvalue weighted by Gasteiger charge is 2.30. The van der Waals surface area contributed by atoms with Gasteiger partial charge in [-0.1, -0.05) is 39.3 Å². The third-order valence-electron chi connectivity index (χ3n) is 4.73. The van der Waals surface area contributed by atoms with E-state index in [1.807, 2.05) is 6.92 Å². The Balaban J connectivity index is 2.24. The lowest BCUT2D eigenvalue weighted by atomic mass is 9.94. The number of hydrogen-bond acceptors (Lipinski definition) is 3. The Labute approximate surface area is 129 Å². The van der Waals surface area contributed by atoms with Gasteiger partial charge in [0, 0.05) is 25.2 Å². The third kappa shape index (κ3) is 3.70. The third-order valence-corrected chi connectivity index (χ3v) is 4.73. The molecule has 1 saturated heterocycles. The molecule has 21 heavy (non-hydrogen) atoms. The number of nitrogens with zero attached hydrogens (tertiary/aromatic N) is 1. The number of benzene rings is 1. The van der Waals surface area contributed by atoms with Gasteiger partial charge >= 0.3 is 0 Å². The molecule has 0 bridgehead atoms. The minimum absolute atomic E-state index is 0.548. The summed E-state index contributed by atoms with van der Waals surface area (Å²) in [4.78, 5) is 2.55. The lowest BCUT2D eigenvalue weighted by Crippen LogP contribution is -2.58. The normalized spacial score (nSPS) is 23.9. The number of ether oxygens (including phenoxy) is 1. The predicted molar refractivity (Wildman–Crippen MR) is 90.3 cm³/mol. The summed E-state index contributed by atoms with van der Waals surface area (Å²) in [6.45, 7) is 11.8. The number of hydrogen-bond donors (Lipinski definition) is 1. The van der Waals surface area contributed by atoms with Gasteiger partial charge < -0.3 is 15.0 Å². The first kappa shape index (κ1) is 16.2. The van der Waals surface area contributed by atoms with E-state index >= 15 is 0 Å². The number of piperazine rings is 1. The Kier molecular flexibility index (Phi) is 5.92. The van der Waals surface area contributed by atoms with E-state index in [4.69, 9.17) is 4.74 Å². The molecule has 3 atom stereocenters. The maximum absolute atomic E-state index is 5.84. The minimum Gasteiger partial charge on any atom is -0.492 e. The summed E-state index contributed by atoms with van der Waals surface area (Å²) in [6, 6.07) is 9.58. The van der Waals surface area contributed by atoms with Gasteiger partial charge in [-0.2, -0.15) is 0 Å². The van der Waals surface area contributed by atoms with E-state index in [1.54, 1.807) is 0 Å². The number of rotatable bonds is 6. The molecule has 3 nitrogen and oxygen atoms in total. The topological polar surface area (TPSA) is 24.5 Å². The fraction of sp³-hybridized carbons (Fsp3) is 0.667. The Bertz CT molecular complexity index is 435. The van der Waals surface area contributed by atoms with Crippen molar-refractivity contribution in [2.45, 2.75) is 52.6 Å². The summed E-state index contributed by atoms with van der Waals surface area (Å²) in [7, 11) is 0. The van der Waals surface area contributed by atoms with Crippen molar-refractivity contribution in [3.8, 4) is 5.75 Å². The van der Waals surface area contributed by atoms with Gasteiger partial charge in [0.05, 0.1) is 12.3 Å². The smallest absolute Gasteiger partial charge is 0.142 e. The van der Waals surface area contributed by atoms with Crippen molar-refractivity contribution in [3.63, 3.8) is 0 Å². The summed E-state index contributed by atoms with van der Waals surface area (Å²) < 4.78 is 5.84. The first-order valence-corrected chi connectivity index (χ1v) is 8.43. The lowest BCUT2D eigenvalue weighted by molar-refractivity contribution is 0.300. The molecule has 1 N–H and O–H groups in total. The van der Waals surface area contributed by atoms with Crippen LogP contribution in [0.2, 0.25) is 0 Å². The van der Waals surface area contributed by atoms with E-state index < -0.39 is 0 Å². The quantitative estimate of drug-likeness (QED) is 0.865. The molecule has 118 valence electrons. The average Bonchev–Trinajstić information content (AvgIpc) is 2.54. The summed E-state index contributed by atoms with van der Waals surface area (Å²) in [5.74, 6) is 1.72. The maximum atomic E-state index is 5.84. The monoisotopic (exact) mass is 290 g/mol. The van der Waals surface area contributed by atoms with Crippen LogP contribution in [0.15, 0.2) is 24.3 Å². The van der Waals surface area contributed by atoms with E-state index in [1.165, 1.54) is 12.1 Å². The molecule has 0 radical (unpaired) electrons. The molecule has 1 fully saturated rings. The standard InChI is InChI=1S/C18H30N2O/c1-5-14(4)16-13-20(15(6-2)12-19-16)17-10-8-9-11-18(17)21-7-3/h8-11,14-16,19H,5-7,12-13H2,1-4H3. The zero-order valence-electron chi connectivity index (χ0n) is 13.9. The van der Waals surface area contributed by atoms with Crippen LogP contribution in [-0.4, -0.2) is 31.8 Å². The van der Waals surface area contributed by atoms with E-state index in [2.05, 4.69) is 55.3 Å². The van der Waals surface area contributed by atoms with Gasteiger partial charge in [-0.15, -0.1) is 0 Å². The molecule has 0 spiro atoms. The summed E-state index contributed by atoms with van der Waals surface area (Å²) in [5, 5.41) is 3.74. The second-order valence-corrected chi connectivity index (χ2v) is 6.02. The van der Waals surface area contributed by atoms with Crippen LogP contribution in [0.4, 0.5) is 5.69 Å². The number of anilines is 1. The highest BCUT2D eigenvalue weighted by molar-refractivity contribution is 5.59. The van der Waals surface area contributed by atoms with Crippen LogP contribution in [0, 0.1) is 5.92 Å². The number of para-hydroxylation sites is 2. The first-order chi connectivity index (χ1) is 10.2. The second-order valence-electron chi connectivity index (χ2n) is 6.02. The molecule has 1 heterocycles. The molecule has 3 heteroatoms. The molecule has 1 aromatic carbocycles. The van der Waals surface area contributed by atoms with Crippen molar-refractivity contribution >= 4 is 5.69 Å². The van der Waals surface area contributed by atoms with Crippen LogP contribution in [0.25, 0.3) is 0 Å². The van der Waals surface area contributed by atoms with Crippen molar-refractivity contribution in [1.29, 1.82) is 0 Å². The summed E-state index contributed by atoms with van der Waals surface area (Å²) in [6.07, 6.45) is 2.37. The molecule has 0 saturated carbocycles. The molecule has 1 aliphatic rings. The van der Waals surface area contributed by atoms with Crippen LogP contribution >= 0.6 is 0 Å². The van der Waals surface area contributed by atoms with Crippen LogP contribution in [0.3, 0.4) is 0 Å². The van der Waals surface area contributed by atoms with E-state index in [0.29, 0.717) is 24.6 Å². The molecule has 1 aliphatic heterocycles.